The fourth-order valence-electron chi connectivity index (χ4n) is 3.44. The molecule has 5 nitrogen and oxygen atoms in total. The minimum atomic E-state index is -0.469. The van der Waals surface area contributed by atoms with Gasteiger partial charge < -0.3 is 5.32 Å². The van der Waals surface area contributed by atoms with Gasteiger partial charge in [0.15, 0.2) is 0 Å². The van der Waals surface area contributed by atoms with E-state index in [0.717, 1.165) is 15.6 Å². The topological polar surface area (TPSA) is 64.0 Å². The number of carbonyl (C=O) groups is 1. The number of nitrogens with zero attached hydrogens (tertiary/aromatic N) is 2. The zero-order valence-electron chi connectivity index (χ0n) is 16.9. The predicted molar refractivity (Wildman–Crippen MR) is 127 cm³/mol. The minimum Gasteiger partial charge on any atom is -0.322 e. The normalized spacial score (nSPS) is 10.6. The van der Waals surface area contributed by atoms with Crippen molar-refractivity contribution < 1.29 is 4.79 Å². The standard InChI is InChI=1S/C25H20BrN3O2/c1-2-29-25(31)22(24(30)27-20-15-9-14-19(26)16-20)21(17-10-5-3-6-11-17)23(28-29)18-12-7-4-8-13-18/h3-16H,2H2,1H3,(H,27,30). The van der Waals surface area contributed by atoms with Crippen LogP contribution in [-0.4, -0.2) is 15.7 Å². The Morgan fingerprint density at radius 2 is 1.58 bits per heavy atom. The second-order valence-corrected chi connectivity index (χ2v) is 7.83. The highest BCUT2D eigenvalue weighted by atomic mass is 79.9. The van der Waals surface area contributed by atoms with E-state index < -0.39 is 11.5 Å². The molecule has 4 rings (SSSR count). The Morgan fingerprint density at radius 3 is 2.19 bits per heavy atom. The second kappa shape index (κ2) is 9.10. The third-order valence-electron chi connectivity index (χ3n) is 4.87. The molecule has 0 unspecified atom stereocenters. The summed E-state index contributed by atoms with van der Waals surface area (Å²) < 4.78 is 2.17. The molecule has 0 bridgehead atoms. The summed E-state index contributed by atoms with van der Waals surface area (Å²) in [5, 5.41) is 7.49. The van der Waals surface area contributed by atoms with Crippen LogP contribution in [0, 0.1) is 0 Å². The van der Waals surface area contributed by atoms with E-state index in [4.69, 9.17) is 0 Å². The second-order valence-electron chi connectivity index (χ2n) is 6.92. The van der Waals surface area contributed by atoms with E-state index in [1.54, 1.807) is 12.1 Å². The number of anilines is 1. The quantitative estimate of drug-likeness (QED) is 0.409. The van der Waals surface area contributed by atoms with Crippen LogP contribution in [0.15, 0.2) is 94.2 Å². The first-order valence-electron chi connectivity index (χ1n) is 9.91. The Bertz CT molecular complexity index is 1290. The third kappa shape index (κ3) is 4.34. The first-order valence-corrected chi connectivity index (χ1v) is 10.7. The number of hydrogen-bond acceptors (Lipinski definition) is 3. The van der Waals surface area contributed by atoms with Gasteiger partial charge in [0.05, 0.1) is 5.69 Å². The molecule has 0 aliphatic rings. The fourth-order valence-corrected chi connectivity index (χ4v) is 3.84. The molecule has 0 saturated heterocycles. The molecule has 1 heterocycles. The van der Waals surface area contributed by atoms with Crippen LogP contribution in [0.25, 0.3) is 22.4 Å². The Labute approximate surface area is 188 Å². The lowest BCUT2D eigenvalue weighted by molar-refractivity contribution is 0.102. The van der Waals surface area contributed by atoms with Gasteiger partial charge in [0.25, 0.3) is 11.5 Å². The summed E-state index contributed by atoms with van der Waals surface area (Å²) in [5.41, 5.74) is 2.95. The van der Waals surface area contributed by atoms with E-state index >= 15 is 0 Å². The molecule has 0 fully saturated rings. The Balaban J connectivity index is 1.98. The fraction of sp³-hybridized carbons (Fsp3) is 0.0800. The molecule has 4 aromatic rings. The van der Waals surface area contributed by atoms with E-state index in [9.17, 15) is 9.59 Å². The maximum Gasteiger partial charge on any atom is 0.280 e. The minimum absolute atomic E-state index is 0.0712. The number of hydrogen-bond donors (Lipinski definition) is 1. The van der Waals surface area contributed by atoms with Crippen molar-refractivity contribution in [3.8, 4) is 22.4 Å². The Kier molecular flexibility index (Phi) is 6.09. The van der Waals surface area contributed by atoms with Crippen molar-refractivity contribution in [2.24, 2.45) is 0 Å². The predicted octanol–water partition coefficient (Wildman–Crippen LogP) is 5.61. The zero-order chi connectivity index (χ0) is 21.8. The van der Waals surface area contributed by atoms with Crippen molar-refractivity contribution in [2.45, 2.75) is 13.5 Å². The van der Waals surface area contributed by atoms with Gasteiger partial charge in [-0.1, -0.05) is 82.7 Å². The van der Waals surface area contributed by atoms with E-state index in [1.807, 2.05) is 79.7 Å². The molecule has 0 radical (unpaired) electrons. The summed E-state index contributed by atoms with van der Waals surface area (Å²) in [5.74, 6) is -0.469. The third-order valence-corrected chi connectivity index (χ3v) is 5.37. The number of amides is 1. The van der Waals surface area contributed by atoms with Crippen LogP contribution in [-0.2, 0) is 6.54 Å². The zero-order valence-corrected chi connectivity index (χ0v) is 18.5. The number of halogens is 1. The first-order chi connectivity index (χ1) is 15.1. The molecule has 0 aliphatic heterocycles. The van der Waals surface area contributed by atoms with Gasteiger partial charge >= 0.3 is 0 Å². The highest BCUT2D eigenvalue weighted by molar-refractivity contribution is 9.10. The van der Waals surface area contributed by atoms with E-state index in [1.165, 1.54) is 4.68 Å². The van der Waals surface area contributed by atoms with Crippen LogP contribution in [0.3, 0.4) is 0 Å². The summed E-state index contributed by atoms with van der Waals surface area (Å²) in [6, 6.07) is 26.3. The van der Waals surface area contributed by atoms with Gasteiger partial charge in [-0.25, -0.2) is 4.68 Å². The Morgan fingerprint density at radius 1 is 0.935 bits per heavy atom. The van der Waals surface area contributed by atoms with E-state index in [-0.39, 0.29) is 5.56 Å². The van der Waals surface area contributed by atoms with E-state index in [2.05, 4.69) is 26.3 Å². The van der Waals surface area contributed by atoms with Crippen LogP contribution in [0.1, 0.15) is 17.3 Å². The molecule has 0 atom stereocenters. The number of rotatable bonds is 5. The van der Waals surface area contributed by atoms with Crippen LogP contribution in [0.2, 0.25) is 0 Å². The summed E-state index contributed by atoms with van der Waals surface area (Å²) in [7, 11) is 0. The molecule has 1 amide bonds. The average Bonchev–Trinajstić information content (AvgIpc) is 2.79. The van der Waals surface area contributed by atoms with Crippen molar-refractivity contribution in [1.82, 2.24) is 9.78 Å². The molecule has 1 aromatic heterocycles. The molecule has 6 heteroatoms. The number of carbonyl (C=O) groups excluding carboxylic acids is 1. The number of nitrogens with one attached hydrogen (secondary N) is 1. The maximum absolute atomic E-state index is 13.4. The van der Waals surface area contributed by atoms with Crippen molar-refractivity contribution >= 4 is 27.5 Å². The molecule has 154 valence electrons. The molecule has 0 aliphatic carbocycles. The lowest BCUT2D eigenvalue weighted by Gasteiger charge is -2.17. The molecular weight excluding hydrogens is 454 g/mol. The molecule has 0 spiro atoms. The highest BCUT2D eigenvalue weighted by Gasteiger charge is 2.25. The number of benzene rings is 3. The summed E-state index contributed by atoms with van der Waals surface area (Å²) >= 11 is 3.41. The van der Waals surface area contributed by atoms with Crippen LogP contribution in [0.5, 0.6) is 0 Å². The van der Waals surface area contributed by atoms with Crippen molar-refractivity contribution in [3.05, 3.63) is 105 Å². The van der Waals surface area contributed by atoms with Gasteiger partial charge in [-0.05, 0) is 30.7 Å². The van der Waals surface area contributed by atoms with Gasteiger partial charge in [0, 0.05) is 27.8 Å². The largest absolute Gasteiger partial charge is 0.322 e. The first kappa shape index (κ1) is 20.8. The van der Waals surface area contributed by atoms with Gasteiger partial charge in [-0.2, -0.15) is 5.10 Å². The molecule has 0 saturated carbocycles. The SMILES string of the molecule is CCn1nc(-c2ccccc2)c(-c2ccccc2)c(C(=O)Nc2cccc(Br)c2)c1=O. The number of aryl methyl sites for hydroxylation is 1. The maximum atomic E-state index is 13.4. The van der Waals surface area contributed by atoms with Crippen molar-refractivity contribution in [1.29, 1.82) is 0 Å². The van der Waals surface area contributed by atoms with Gasteiger partial charge in [0.2, 0.25) is 0 Å². The molecule has 31 heavy (non-hydrogen) atoms. The van der Waals surface area contributed by atoms with Crippen LogP contribution in [0.4, 0.5) is 5.69 Å². The summed E-state index contributed by atoms with van der Waals surface area (Å²) in [6.07, 6.45) is 0. The summed E-state index contributed by atoms with van der Waals surface area (Å²) in [4.78, 5) is 26.7. The van der Waals surface area contributed by atoms with Gasteiger partial charge in [-0.3, -0.25) is 9.59 Å². The molecule has 1 N–H and O–H groups in total. The lowest BCUT2D eigenvalue weighted by Crippen LogP contribution is -2.32. The Hall–Kier alpha value is -3.51. The highest BCUT2D eigenvalue weighted by Crippen LogP contribution is 2.32. The van der Waals surface area contributed by atoms with E-state index in [0.29, 0.717) is 23.5 Å². The average molecular weight is 474 g/mol. The lowest BCUT2D eigenvalue weighted by atomic mass is 9.95. The molecule has 3 aromatic carbocycles. The van der Waals surface area contributed by atoms with Crippen molar-refractivity contribution in [3.63, 3.8) is 0 Å². The summed E-state index contributed by atoms with van der Waals surface area (Å²) in [6.45, 7) is 2.19. The van der Waals surface area contributed by atoms with Gasteiger partial charge in [-0.15, -0.1) is 0 Å². The monoisotopic (exact) mass is 473 g/mol. The van der Waals surface area contributed by atoms with Crippen LogP contribution < -0.4 is 10.9 Å². The number of aromatic nitrogens is 2. The smallest absolute Gasteiger partial charge is 0.280 e. The molecular formula is C25H20BrN3O2. The van der Waals surface area contributed by atoms with Crippen LogP contribution >= 0.6 is 15.9 Å². The van der Waals surface area contributed by atoms with Crippen molar-refractivity contribution in [2.75, 3.05) is 5.32 Å². The van der Waals surface area contributed by atoms with Gasteiger partial charge in [0.1, 0.15) is 5.56 Å².